The Labute approximate surface area is 385 Å². The zero-order chi connectivity index (χ0) is 49.4. The van der Waals surface area contributed by atoms with Crippen LogP contribution in [0.1, 0.15) is 57.6 Å². The number of nitrogens with one attached hydrogen (secondary N) is 9. The highest BCUT2D eigenvalue weighted by atomic mass is 16.3. The predicted octanol–water partition coefficient (Wildman–Crippen LogP) is -3.96. The number of nitrogens with two attached hydrogens (primary N) is 2. The highest BCUT2D eigenvalue weighted by Gasteiger charge is 2.37. The molecule has 4 rings (SSSR count). The topological polar surface area (TPSA) is 375 Å². The summed E-state index contributed by atoms with van der Waals surface area (Å²) in [6, 6.07) is 5.55. The smallest absolute Gasteiger partial charge is 0.245 e. The summed E-state index contributed by atoms with van der Waals surface area (Å²) in [5, 5.41) is 40.8. The number of carbonyl (C=O) groups is 10. The maximum atomic E-state index is 13.9. The van der Waals surface area contributed by atoms with E-state index in [1.165, 1.54) is 0 Å². The summed E-state index contributed by atoms with van der Waals surface area (Å²) < 4.78 is 0. The zero-order valence-corrected chi connectivity index (χ0v) is 37.3. The van der Waals surface area contributed by atoms with E-state index in [9.17, 15) is 58.2 Å². The number of rotatable bonds is 25. The third-order valence-corrected chi connectivity index (χ3v) is 11.1. The number of primary amides is 2. The van der Waals surface area contributed by atoms with Crippen LogP contribution >= 0.6 is 0 Å². The Bertz CT molecular complexity index is 2290. The molecule has 1 aromatic heterocycles. The Morgan fingerprint density at radius 1 is 0.731 bits per heavy atom. The van der Waals surface area contributed by atoms with E-state index >= 15 is 0 Å². The third-order valence-electron chi connectivity index (χ3n) is 11.1. The lowest BCUT2D eigenvalue weighted by atomic mass is 9.97. The van der Waals surface area contributed by atoms with Gasteiger partial charge in [-0.3, -0.25) is 47.9 Å². The van der Waals surface area contributed by atoms with Gasteiger partial charge in [0, 0.05) is 36.4 Å². The fraction of sp³-hybridized carbons (Fsp3) is 0.455. The van der Waals surface area contributed by atoms with Crippen LogP contribution in [0.5, 0.6) is 0 Å². The van der Waals surface area contributed by atoms with E-state index in [-0.39, 0.29) is 31.6 Å². The number of aromatic nitrogens is 1. The summed E-state index contributed by atoms with van der Waals surface area (Å²) in [6.45, 7) is 2.83. The minimum Gasteiger partial charge on any atom is -0.394 e. The van der Waals surface area contributed by atoms with Gasteiger partial charge in [-0.25, -0.2) is 0 Å². The number of carbonyl (C=O) groups excluding carboxylic acids is 10. The van der Waals surface area contributed by atoms with E-state index in [1.54, 1.807) is 56.4 Å². The van der Waals surface area contributed by atoms with E-state index in [4.69, 9.17) is 11.5 Å². The third kappa shape index (κ3) is 15.3. The monoisotopic (exact) mass is 933 g/mol. The van der Waals surface area contributed by atoms with Crippen molar-refractivity contribution in [1.29, 1.82) is 0 Å². The molecule has 15 N–H and O–H groups in total. The molecule has 2 aromatic carbocycles. The number of hydrogen-bond donors (Lipinski definition) is 13. The van der Waals surface area contributed by atoms with Gasteiger partial charge < -0.3 is 69.2 Å². The Hall–Kier alpha value is -7.40. The number of aromatic amines is 1. The number of aliphatic hydroxyl groups is 2. The highest BCUT2D eigenvalue weighted by molar-refractivity contribution is 5.99. The van der Waals surface area contributed by atoms with Crippen molar-refractivity contribution in [1.82, 2.24) is 47.5 Å². The first-order chi connectivity index (χ1) is 31.8. The second-order valence-electron chi connectivity index (χ2n) is 16.3. The van der Waals surface area contributed by atoms with Crippen molar-refractivity contribution in [2.24, 2.45) is 17.4 Å². The first-order valence-electron chi connectivity index (χ1n) is 21.6. The maximum absolute atomic E-state index is 13.9. The van der Waals surface area contributed by atoms with Crippen LogP contribution in [0.4, 0.5) is 0 Å². The lowest BCUT2D eigenvalue weighted by molar-refractivity contribution is -0.137. The van der Waals surface area contributed by atoms with E-state index in [1.807, 2.05) is 18.2 Å². The molecule has 1 fully saturated rings. The first-order valence-corrected chi connectivity index (χ1v) is 21.6. The molecule has 362 valence electrons. The van der Waals surface area contributed by atoms with Gasteiger partial charge in [0.1, 0.15) is 42.3 Å². The van der Waals surface area contributed by atoms with Crippen molar-refractivity contribution in [3.63, 3.8) is 0 Å². The molecular formula is C44H59N11O12. The molecule has 10 amide bonds. The van der Waals surface area contributed by atoms with E-state index < -0.39 is 127 Å². The summed E-state index contributed by atoms with van der Waals surface area (Å²) >= 11 is 0. The number of hydrogen-bond acceptors (Lipinski definition) is 12. The van der Waals surface area contributed by atoms with E-state index in [0.717, 1.165) is 17.8 Å². The van der Waals surface area contributed by atoms with Crippen LogP contribution in [-0.2, 0) is 60.8 Å². The lowest BCUT2D eigenvalue weighted by Gasteiger charge is -2.28. The predicted molar refractivity (Wildman–Crippen MR) is 239 cm³/mol. The van der Waals surface area contributed by atoms with Crippen molar-refractivity contribution < 1.29 is 58.2 Å². The SMILES string of the molecule is CCC(C)[C@H](NC(=O)[C@@H]1CCC(=O)N1)C(=O)N[C@@H](CC(N)=O)C(=O)N[C@@H](Cc1ccccc1)C(=O)N[C@@H](CO)C(=O)N[C@H](C(=O)NCC(=O)N[C@@H](Cc1c[nH]c2ccccc12)C(N)=O)[C@@H](C)O. The Morgan fingerprint density at radius 3 is 1.97 bits per heavy atom. The van der Waals surface area contributed by atoms with Gasteiger partial charge in [0.25, 0.3) is 0 Å². The molecule has 0 spiro atoms. The summed E-state index contributed by atoms with van der Waals surface area (Å²) in [5.41, 5.74) is 13.0. The normalized spacial score (nSPS) is 16.9. The molecule has 0 saturated carbocycles. The summed E-state index contributed by atoms with van der Waals surface area (Å²) in [6.07, 6.45) is -0.0978. The molecule has 2 heterocycles. The molecule has 1 aliphatic rings. The van der Waals surface area contributed by atoms with Crippen molar-refractivity contribution in [3.8, 4) is 0 Å². The summed E-state index contributed by atoms with van der Waals surface area (Å²) in [5.74, 6) is -9.27. The molecule has 23 nitrogen and oxygen atoms in total. The molecule has 67 heavy (non-hydrogen) atoms. The Balaban J connectivity index is 1.42. The molecular weight excluding hydrogens is 875 g/mol. The van der Waals surface area contributed by atoms with Crippen molar-refractivity contribution in [2.45, 2.75) is 108 Å². The van der Waals surface area contributed by atoms with Gasteiger partial charge in [-0.05, 0) is 36.5 Å². The largest absolute Gasteiger partial charge is 0.394 e. The molecule has 1 unspecified atom stereocenters. The Kier molecular flexibility index (Phi) is 19.3. The number of amides is 10. The van der Waals surface area contributed by atoms with Gasteiger partial charge in [0.15, 0.2) is 0 Å². The molecule has 1 saturated heterocycles. The van der Waals surface area contributed by atoms with Gasteiger partial charge in [0.05, 0.1) is 25.7 Å². The maximum Gasteiger partial charge on any atom is 0.245 e. The van der Waals surface area contributed by atoms with E-state index in [0.29, 0.717) is 17.5 Å². The van der Waals surface area contributed by atoms with Gasteiger partial charge in [-0.1, -0.05) is 68.8 Å². The van der Waals surface area contributed by atoms with E-state index in [2.05, 4.69) is 47.5 Å². The quantitative estimate of drug-likeness (QED) is 0.0387. The van der Waals surface area contributed by atoms with Crippen molar-refractivity contribution in [2.75, 3.05) is 13.2 Å². The van der Waals surface area contributed by atoms with Crippen LogP contribution in [-0.4, -0.2) is 136 Å². The van der Waals surface area contributed by atoms with Gasteiger partial charge >= 0.3 is 0 Å². The minimum absolute atomic E-state index is 0.0316. The van der Waals surface area contributed by atoms with Gasteiger partial charge in [-0.2, -0.15) is 0 Å². The number of H-pyrrole nitrogens is 1. The molecule has 23 heteroatoms. The number of aliphatic hydroxyl groups excluding tert-OH is 2. The number of benzene rings is 2. The van der Waals surface area contributed by atoms with Crippen LogP contribution in [0.25, 0.3) is 10.9 Å². The van der Waals surface area contributed by atoms with Crippen LogP contribution in [0.3, 0.4) is 0 Å². The minimum atomic E-state index is -1.79. The number of para-hydroxylation sites is 1. The second-order valence-corrected chi connectivity index (χ2v) is 16.3. The first kappa shape index (κ1) is 52.2. The average molecular weight is 934 g/mol. The van der Waals surface area contributed by atoms with Crippen LogP contribution in [0.2, 0.25) is 0 Å². The van der Waals surface area contributed by atoms with Crippen LogP contribution in [0.15, 0.2) is 60.8 Å². The Morgan fingerprint density at radius 2 is 1.36 bits per heavy atom. The molecule has 3 aromatic rings. The molecule has 1 aliphatic heterocycles. The number of fused-ring (bicyclic) bond motifs is 1. The van der Waals surface area contributed by atoms with Gasteiger partial charge in [0.2, 0.25) is 59.1 Å². The summed E-state index contributed by atoms with van der Waals surface area (Å²) in [7, 11) is 0. The zero-order valence-electron chi connectivity index (χ0n) is 37.3. The molecule has 9 atom stereocenters. The standard InChI is InChI=1S/C44H59N11O12/c1-4-22(2)36(54-39(62)28-14-15-34(59)49-28)44(67)52-31(18-33(45)58)41(64)51-30(16-24-10-6-5-7-11-24)40(63)53-32(21-56)42(65)55-37(23(3)57)43(66)48-20-35(60)50-29(38(46)61)17-25-19-47-27-13-9-8-12-26(25)27/h5-13,19,22-23,28-32,36-37,47,56-57H,4,14-18,20-21H2,1-3H3,(H2,45,58)(H2,46,61)(H,48,66)(H,49,59)(H,50,60)(H,51,64)(H,52,67)(H,53,63)(H,54,62)(H,55,65)/t22?,23-,28+,29+,30+,31+,32+,36+,37+/m1/s1. The summed E-state index contributed by atoms with van der Waals surface area (Å²) in [4.78, 5) is 133. The van der Waals surface area contributed by atoms with Crippen molar-refractivity contribution in [3.05, 3.63) is 71.9 Å². The molecule has 0 aliphatic carbocycles. The second kappa shape index (κ2) is 24.8. The van der Waals surface area contributed by atoms with Crippen LogP contribution in [0, 0.1) is 5.92 Å². The molecule has 0 bridgehead atoms. The fourth-order valence-corrected chi connectivity index (χ4v) is 7.16. The lowest BCUT2D eigenvalue weighted by Crippen LogP contribution is -2.62. The fourth-order valence-electron chi connectivity index (χ4n) is 7.16. The molecule has 0 radical (unpaired) electrons. The van der Waals surface area contributed by atoms with Gasteiger partial charge in [-0.15, -0.1) is 0 Å². The van der Waals surface area contributed by atoms with Crippen molar-refractivity contribution >= 4 is 70.0 Å². The van der Waals surface area contributed by atoms with Crippen LogP contribution < -0.4 is 54.0 Å². The average Bonchev–Trinajstić information content (AvgIpc) is 3.92. The highest BCUT2D eigenvalue weighted by Crippen LogP contribution is 2.19.